The van der Waals surface area contributed by atoms with Gasteiger partial charge in [0.15, 0.2) is 0 Å². The number of rotatable bonds is 2. The van der Waals surface area contributed by atoms with Gasteiger partial charge in [-0.1, -0.05) is 12.0 Å². The first-order chi connectivity index (χ1) is 10.3. The third kappa shape index (κ3) is 11.3. The number of aromatic nitrogens is 1. The Morgan fingerprint density at radius 1 is 1.32 bits per heavy atom. The summed E-state index contributed by atoms with van der Waals surface area (Å²) >= 11 is 0. The minimum Gasteiger partial charge on any atom is -0.444 e. The van der Waals surface area contributed by atoms with Gasteiger partial charge >= 0.3 is 6.09 Å². The van der Waals surface area contributed by atoms with Crippen LogP contribution >= 0.6 is 0 Å². The molecule has 0 unspecified atom stereocenters. The maximum absolute atomic E-state index is 11.0. The van der Waals surface area contributed by atoms with E-state index in [1.54, 1.807) is 33.9 Å². The molecular formula is C16H23N3O3. The van der Waals surface area contributed by atoms with Gasteiger partial charge in [0.05, 0.1) is 6.54 Å². The summed E-state index contributed by atoms with van der Waals surface area (Å²) in [6, 6.07) is 5.68. The summed E-state index contributed by atoms with van der Waals surface area (Å²) < 4.78 is 4.90. The Labute approximate surface area is 131 Å². The first-order valence-corrected chi connectivity index (χ1v) is 6.79. The third-order valence-corrected chi connectivity index (χ3v) is 1.99. The minimum absolute atomic E-state index is 0.0641. The number of carbonyl (C=O) groups excluding carboxylic acids is 2. The Bertz CT molecular complexity index is 525. The fraction of sp³-hybridized carbons (Fsp3) is 0.438. The van der Waals surface area contributed by atoms with Crippen molar-refractivity contribution in [2.45, 2.75) is 33.3 Å². The highest BCUT2D eigenvalue weighted by Crippen LogP contribution is 2.05. The van der Waals surface area contributed by atoms with Crippen molar-refractivity contribution < 1.29 is 14.3 Å². The molecule has 0 fully saturated rings. The molecule has 0 aromatic carbocycles. The molecule has 0 aliphatic carbocycles. The number of amides is 2. The smallest absolute Gasteiger partial charge is 0.408 e. The van der Waals surface area contributed by atoms with Gasteiger partial charge in [-0.25, -0.2) is 9.78 Å². The van der Waals surface area contributed by atoms with E-state index in [0.29, 0.717) is 0 Å². The lowest BCUT2D eigenvalue weighted by Gasteiger charge is -2.19. The zero-order valence-electron chi connectivity index (χ0n) is 13.7. The van der Waals surface area contributed by atoms with Crippen LogP contribution < -0.4 is 10.6 Å². The quantitative estimate of drug-likeness (QED) is 0.815. The van der Waals surface area contributed by atoms with Crippen LogP contribution in [0.25, 0.3) is 0 Å². The zero-order chi connectivity index (χ0) is 17.0. The maximum Gasteiger partial charge on any atom is 0.408 e. The molecule has 6 heteroatoms. The minimum atomic E-state index is -0.587. The van der Waals surface area contributed by atoms with E-state index in [9.17, 15) is 9.59 Å². The molecule has 6 nitrogen and oxygen atoms in total. The SMILES string of the molecule is CC#Cc1ccccn1.CNC(=O)CNC(=O)OC(C)(C)C. The lowest BCUT2D eigenvalue weighted by Crippen LogP contribution is -2.38. The van der Waals surface area contributed by atoms with Gasteiger partial charge in [0.1, 0.15) is 11.3 Å². The average molecular weight is 305 g/mol. The Balaban J connectivity index is 0.000000425. The summed E-state index contributed by atoms with van der Waals surface area (Å²) in [4.78, 5) is 25.7. The van der Waals surface area contributed by atoms with Crippen molar-refractivity contribution in [3.63, 3.8) is 0 Å². The standard InChI is InChI=1S/C8H16N2O3.C8H7N/c1-8(2,3)13-7(12)10-5-6(11)9-4;1-2-5-8-6-3-4-7-9-8/h5H2,1-4H3,(H,9,11)(H,10,12);3-4,6-7H,1H3. The van der Waals surface area contributed by atoms with E-state index >= 15 is 0 Å². The monoisotopic (exact) mass is 305 g/mol. The predicted molar refractivity (Wildman–Crippen MR) is 85.1 cm³/mol. The van der Waals surface area contributed by atoms with Crippen molar-refractivity contribution in [1.82, 2.24) is 15.6 Å². The number of nitrogens with one attached hydrogen (secondary N) is 2. The number of alkyl carbamates (subject to hydrolysis) is 1. The number of ether oxygens (including phenoxy) is 1. The Hall–Kier alpha value is -2.55. The van der Waals surface area contributed by atoms with Crippen molar-refractivity contribution in [3.05, 3.63) is 30.1 Å². The van der Waals surface area contributed by atoms with E-state index < -0.39 is 11.7 Å². The van der Waals surface area contributed by atoms with Gasteiger partial charge in [0.2, 0.25) is 5.91 Å². The third-order valence-electron chi connectivity index (χ3n) is 1.99. The predicted octanol–water partition coefficient (Wildman–Crippen LogP) is 1.71. The molecule has 0 aliphatic rings. The van der Waals surface area contributed by atoms with Gasteiger partial charge < -0.3 is 15.4 Å². The van der Waals surface area contributed by atoms with Gasteiger partial charge in [-0.2, -0.15) is 0 Å². The number of likely N-dealkylation sites (N-methyl/N-ethyl adjacent to an activating group) is 1. The Morgan fingerprint density at radius 2 is 2.00 bits per heavy atom. The summed E-state index contributed by atoms with van der Waals surface area (Å²) in [7, 11) is 1.50. The van der Waals surface area contributed by atoms with Crippen molar-refractivity contribution in [2.24, 2.45) is 0 Å². The van der Waals surface area contributed by atoms with Gasteiger partial charge in [-0.15, -0.1) is 0 Å². The van der Waals surface area contributed by atoms with Crippen LogP contribution in [0.3, 0.4) is 0 Å². The van der Waals surface area contributed by atoms with Crippen molar-refractivity contribution >= 4 is 12.0 Å². The normalized spacial score (nSPS) is 9.32. The molecule has 2 amide bonds. The maximum atomic E-state index is 11.0. The highest BCUT2D eigenvalue weighted by atomic mass is 16.6. The lowest BCUT2D eigenvalue weighted by molar-refractivity contribution is -0.119. The van der Waals surface area contributed by atoms with Crippen LogP contribution in [0.2, 0.25) is 0 Å². The van der Waals surface area contributed by atoms with E-state index in [1.807, 2.05) is 18.2 Å². The van der Waals surface area contributed by atoms with E-state index in [1.165, 1.54) is 7.05 Å². The topological polar surface area (TPSA) is 80.3 Å². The highest BCUT2D eigenvalue weighted by molar-refractivity contribution is 5.81. The molecule has 0 aliphatic heterocycles. The molecule has 2 N–H and O–H groups in total. The second kappa shape index (κ2) is 10.2. The first-order valence-electron chi connectivity index (χ1n) is 6.79. The molecule has 0 saturated heterocycles. The summed E-state index contributed by atoms with van der Waals surface area (Å²) in [6.07, 6.45) is 1.15. The van der Waals surface area contributed by atoms with Crippen LogP contribution in [-0.4, -0.2) is 36.2 Å². The summed E-state index contributed by atoms with van der Waals surface area (Å²) in [5, 5.41) is 4.69. The van der Waals surface area contributed by atoms with Crippen LogP contribution in [0.15, 0.2) is 24.4 Å². The second-order valence-electron chi connectivity index (χ2n) is 5.12. The Kier molecular flexibility index (Phi) is 9.03. The fourth-order valence-corrected chi connectivity index (χ4v) is 1.12. The molecule has 120 valence electrons. The van der Waals surface area contributed by atoms with Gasteiger partial charge in [0.25, 0.3) is 0 Å². The van der Waals surface area contributed by atoms with Crippen molar-refractivity contribution in [2.75, 3.05) is 13.6 Å². The van der Waals surface area contributed by atoms with E-state index in [0.717, 1.165) is 5.69 Å². The molecule has 0 saturated carbocycles. The number of pyridine rings is 1. The summed E-state index contributed by atoms with van der Waals surface area (Å²) in [5.74, 6) is 5.36. The molecule has 0 radical (unpaired) electrons. The molecule has 1 rings (SSSR count). The van der Waals surface area contributed by atoms with E-state index in [2.05, 4.69) is 27.5 Å². The molecule has 1 aromatic rings. The molecule has 22 heavy (non-hydrogen) atoms. The van der Waals surface area contributed by atoms with E-state index in [4.69, 9.17) is 4.74 Å². The van der Waals surface area contributed by atoms with Gasteiger partial charge in [-0.3, -0.25) is 4.79 Å². The molecule has 0 atom stereocenters. The van der Waals surface area contributed by atoms with Gasteiger partial charge in [0, 0.05) is 13.2 Å². The van der Waals surface area contributed by atoms with Gasteiger partial charge in [-0.05, 0) is 45.7 Å². The molecule has 0 spiro atoms. The fourth-order valence-electron chi connectivity index (χ4n) is 1.12. The molecule has 1 aromatic heterocycles. The lowest BCUT2D eigenvalue weighted by atomic mass is 10.2. The van der Waals surface area contributed by atoms with Crippen molar-refractivity contribution in [1.29, 1.82) is 0 Å². The van der Waals surface area contributed by atoms with Crippen LogP contribution in [0.1, 0.15) is 33.4 Å². The summed E-state index contributed by atoms with van der Waals surface area (Å²) in [6.45, 7) is 7.01. The molecule has 0 bridgehead atoms. The number of nitrogens with zero attached hydrogens (tertiary/aromatic N) is 1. The summed E-state index contributed by atoms with van der Waals surface area (Å²) in [5.41, 5.74) is 0.298. The molecule has 1 heterocycles. The Morgan fingerprint density at radius 3 is 2.45 bits per heavy atom. The highest BCUT2D eigenvalue weighted by Gasteiger charge is 2.16. The largest absolute Gasteiger partial charge is 0.444 e. The van der Waals surface area contributed by atoms with Crippen LogP contribution in [0.4, 0.5) is 4.79 Å². The van der Waals surface area contributed by atoms with E-state index in [-0.39, 0.29) is 12.5 Å². The number of hydrogen-bond acceptors (Lipinski definition) is 4. The van der Waals surface area contributed by atoms with Crippen LogP contribution in [0.5, 0.6) is 0 Å². The zero-order valence-corrected chi connectivity index (χ0v) is 13.7. The molecular weight excluding hydrogens is 282 g/mol. The number of carbonyl (C=O) groups is 2. The van der Waals surface area contributed by atoms with Crippen LogP contribution in [-0.2, 0) is 9.53 Å². The van der Waals surface area contributed by atoms with Crippen LogP contribution in [0, 0.1) is 11.8 Å². The second-order valence-corrected chi connectivity index (χ2v) is 5.12. The average Bonchev–Trinajstić information content (AvgIpc) is 2.45. The number of hydrogen-bond donors (Lipinski definition) is 2. The first kappa shape index (κ1) is 19.4. The van der Waals surface area contributed by atoms with Crippen molar-refractivity contribution in [3.8, 4) is 11.8 Å².